The van der Waals surface area contributed by atoms with Crippen LogP contribution >= 0.6 is 0 Å². The van der Waals surface area contributed by atoms with Gasteiger partial charge in [0.15, 0.2) is 11.5 Å². The largest absolute Gasteiger partial charge is 0.370 e. The normalized spacial score (nSPS) is 12.0. The van der Waals surface area contributed by atoms with Crippen LogP contribution in [0.3, 0.4) is 0 Å². The molecule has 0 aliphatic rings. The second-order valence-electron chi connectivity index (χ2n) is 3.49. The molecule has 9 heteroatoms. The third-order valence-electron chi connectivity index (χ3n) is 2.27. The highest BCUT2D eigenvalue weighted by Crippen LogP contribution is 2.28. The van der Waals surface area contributed by atoms with Gasteiger partial charge in [0, 0.05) is 19.7 Å². The standard InChI is InChI=1S/C10H11F2N3O4/c1-19-8(4-13)10(16)14-9-6(12)2-5(11)3-7(9)15(17)18/h2-3,8H,4,13H2,1H3,(H,14,16). The number of carbonyl (C=O) groups excluding carboxylic acids is 1. The number of nitrogens with zero attached hydrogens (tertiary/aromatic N) is 1. The van der Waals surface area contributed by atoms with Gasteiger partial charge in [-0.3, -0.25) is 14.9 Å². The molecular formula is C10H11F2N3O4. The SMILES string of the molecule is COC(CN)C(=O)Nc1c(F)cc(F)cc1[N+](=O)[O-]. The van der Waals surface area contributed by atoms with Gasteiger partial charge in [-0.2, -0.15) is 0 Å². The van der Waals surface area contributed by atoms with Gasteiger partial charge >= 0.3 is 0 Å². The Morgan fingerprint density at radius 3 is 2.68 bits per heavy atom. The second-order valence-corrected chi connectivity index (χ2v) is 3.49. The van der Waals surface area contributed by atoms with Crippen molar-refractivity contribution in [3.63, 3.8) is 0 Å². The lowest BCUT2D eigenvalue weighted by atomic mass is 10.2. The van der Waals surface area contributed by atoms with Crippen molar-refractivity contribution < 1.29 is 23.2 Å². The topological polar surface area (TPSA) is 107 Å². The third-order valence-corrected chi connectivity index (χ3v) is 2.27. The summed E-state index contributed by atoms with van der Waals surface area (Å²) >= 11 is 0. The monoisotopic (exact) mass is 275 g/mol. The Morgan fingerprint density at radius 1 is 1.58 bits per heavy atom. The number of benzene rings is 1. The Kier molecular flexibility index (Phi) is 4.84. The van der Waals surface area contributed by atoms with E-state index in [0.29, 0.717) is 12.1 Å². The molecule has 0 aliphatic carbocycles. The lowest BCUT2D eigenvalue weighted by Gasteiger charge is -2.13. The van der Waals surface area contributed by atoms with E-state index in [2.05, 4.69) is 0 Å². The minimum atomic E-state index is -1.26. The number of hydrogen-bond donors (Lipinski definition) is 2. The number of anilines is 1. The molecule has 0 aromatic heterocycles. The van der Waals surface area contributed by atoms with E-state index in [1.807, 2.05) is 5.32 Å². The van der Waals surface area contributed by atoms with Crippen LogP contribution in [-0.4, -0.2) is 30.6 Å². The van der Waals surface area contributed by atoms with Crippen molar-refractivity contribution in [2.45, 2.75) is 6.10 Å². The van der Waals surface area contributed by atoms with Crippen LogP contribution in [0.25, 0.3) is 0 Å². The molecule has 7 nitrogen and oxygen atoms in total. The van der Waals surface area contributed by atoms with Gasteiger partial charge in [0.1, 0.15) is 11.9 Å². The number of nitrogens with one attached hydrogen (secondary N) is 1. The number of nitrogens with two attached hydrogens (primary N) is 1. The van der Waals surface area contributed by atoms with Crippen molar-refractivity contribution in [1.82, 2.24) is 0 Å². The lowest BCUT2D eigenvalue weighted by Crippen LogP contribution is -2.36. The average molecular weight is 275 g/mol. The Labute approximate surface area is 106 Å². The van der Waals surface area contributed by atoms with Gasteiger partial charge < -0.3 is 15.8 Å². The Bertz CT molecular complexity index is 506. The van der Waals surface area contributed by atoms with Crippen LogP contribution in [0, 0.1) is 21.7 Å². The van der Waals surface area contributed by atoms with Crippen molar-refractivity contribution >= 4 is 17.3 Å². The van der Waals surface area contributed by atoms with E-state index in [1.54, 1.807) is 0 Å². The first-order valence-corrected chi connectivity index (χ1v) is 5.07. The van der Waals surface area contributed by atoms with E-state index in [-0.39, 0.29) is 6.54 Å². The van der Waals surface area contributed by atoms with E-state index in [9.17, 15) is 23.7 Å². The average Bonchev–Trinajstić information content (AvgIpc) is 2.33. The number of carbonyl (C=O) groups is 1. The molecule has 0 saturated carbocycles. The van der Waals surface area contributed by atoms with Crippen LogP contribution in [0.4, 0.5) is 20.2 Å². The van der Waals surface area contributed by atoms with Gasteiger partial charge in [0.25, 0.3) is 11.6 Å². The summed E-state index contributed by atoms with van der Waals surface area (Å²) in [4.78, 5) is 21.3. The van der Waals surface area contributed by atoms with Crippen molar-refractivity contribution in [3.05, 3.63) is 33.9 Å². The minimum Gasteiger partial charge on any atom is -0.370 e. The number of nitro groups is 1. The van der Waals surface area contributed by atoms with Gasteiger partial charge in [0.2, 0.25) is 0 Å². The Morgan fingerprint density at radius 2 is 2.21 bits per heavy atom. The fraction of sp³-hybridized carbons (Fsp3) is 0.300. The van der Waals surface area contributed by atoms with E-state index in [0.717, 1.165) is 0 Å². The maximum Gasteiger partial charge on any atom is 0.298 e. The molecule has 0 spiro atoms. The molecule has 0 aliphatic heterocycles. The quantitative estimate of drug-likeness (QED) is 0.610. The summed E-state index contributed by atoms with van der Waals surface area (Å²) in [6.07, 6.45) is -1.09. The van der Waals surface area contributed by atoms with Crippen molar-refractivity contribution in [1.29, 1.82) is 0 Å². The molecule has 0 saturated heterocycles. The van der Waals surface area contributed by atoms with Gasteiger partial charge in [-0.25, -0.2) is 8.78 Å². The Balaban J connectivity index is 3.13. The molecule has 1 aromatic rings. The molecule has 1 aromatic carbocycles. The number of nitro benzene ring substituents is 1. The summed E-state index contributed by atoms with van der Waals surface area (Å²) in [5.74, 6) is -3.24. The van der Waals surface area contributed by atoms with Crippen molar-refractivity contribution in [2.24, 2.45) is 5.73 Å². The molecule has 0 radical (unpaired) electrons. The molecule has 1 atom stereocenters. The molecule has 1 amide bonds. The first kappa shape index (κ1) is 14.9. The highest BCUT2D eigenvalue weighted by Gasteiger charge is 2.25. The highest BCUT2D eigenvalue weighted by atomic mass is 19.1. The number of amides is 1. The van der Waals surface area contributed by atoms with E-state index >= 15 is 0 Å². The summed E-state index contributed by atoms with van der Waals surface area (Å²) in [7, 11) is 1.20. The van der Waals surface area contributed by atoms with Gasteiger partial charge in [-0.05, 0) is 0 Å². The Hall–Kier alpha value is -2.13. The molecule has 0 heterocycles. The fourth-order valence-electron chi connectivity index (χ4n) is 1.34. The van der Waals surface area contributed by atoms with Gasteiger partial charge in [-0.1, -0.05) is 0 Å². The summed E-state index contributed by atoms with van der Waals surface area (Å²) < 4.78 is 31.1. The number of methoxy groups -OCH3 is 1. The van der Waals surface area contributed by atoms with Crippen LogP contribution in [-0.2, 0) is 9.53 Å². The molecule has 0 bridgehead atoms. The second kappa shape index (κ2) is 6.16. The van der Waals surface area contributed by atoms with E-state index in [1.165, 1.54) is 7.11 Å². The minimum absolute atomic E-state index is 0.195. The number of ether oxygens (including phenoxy) is 1. The van der Waals surface area contributed by atoms with Crippen LogP contribution in [0.15, 0.2) is 12.1 Å². The molecule has 1 rings (SSSR count). The van der Waals surface area contributed by atoms with Crippen LogP contribution < -0.4 is 11.1 Å². The summed E-state index contributed by atoms with van der Waals surface area (Å²) in [6.45, 7) is -0.195. The van der Waals surface area contributed by atoms with E-state index in [4.69, 9.17) is 10.5 Å². The van der Waals surface area contributed by atoms with Crippen LogP contribution in [0.2, 0.25) is 0 Å². The highest BCUT2D eigenvalue weighted by molar-refractivity contribution is 5.96. The zero-order valence-electron chi connectivity index (χ0n) is 9.85. The molecule has 0 fully saturated rings. The zero-order chi connectivity index (χ0) is 14.6. The number of halogens is 2. The van der Waals surface area contributed by atoms with Crippen LogP contribution in [0.1, 0.15) is 0 Å². The van der Waals surface area contributed by atoms with Crippen LogP contribution in [0.5, 0.6) is 0 Å². The summed E-state index contributed by atoms with van der Waals surface area (Å²) in [5.41, 5.74) is 3.60. The first-order valence-electron chi connectivity index (χ1n) is 5.07. The molecule has 3 N–H and O–H groups in total. The molecule has 104 valence electrons. The summed E-state index contributed by atoms with van der Waals surface area (Å²) in [6, 6.07) is 0.926. The molecular weight excluding hydrogens is 264 g/mol. The fourth-order valence-corrected chi connectivity index (χ4v) is 1.34. The maximum atomic E-state index is 13.5. The lowest BCUT2D eigenvalue weighted by molar-refractivity contribution is -0.384. The third kappa shape index (κ3) is 3.42. The summed E-state index contributed by atoms with van der Waals surface area (Å²) in [5, 5.41) is 12.6. The number of rotatable bonds is 5. The van der Waals surface area contributed by atoms with Gasteiger partial charge in [-0.15, -0.1) is 0 Å². The van der Waals surface area contributed by atoms with E-state index < -0.39 is 39.9 Å². The van der Waals surface area contributed by atoms with Gasteiger partial charge in [0.05, 0.1) is 11.0 Å². The molecule has 1 unspecified atom stereocenters. The predicted molar refractivity (Wildman–Crippen MR) is 61.5 cm³/mol. The van der Waals surface area contributed by atoms with Crippen molar-refractivity contribution in [3.8, 4) is 0 Å². The molecule has 19 heavy (non-hydrogen) atoms. The van der Waals surface area contributed by atoms with Crippen molar-refractivity contribution in [2.75, 3.05) is 19.0 Å². The first-order chi connectivity index (χ1) is 8.90. The smallest absolute Gasteiger partial charge is 0.298 e. The number of hydrogen-bond acceptors (Lipinski definition) is 5. The maximum absolute atomic E-state index is 13.5. The zero-order valence-corrected chi connectivity index (χ0v) is 9.85. The predicted octanol–water partition coefficient (Wildman–Crippen LogP) is 0.785.